The van der Waals surface area contributed by atoms with Crippen molar-refractivity contribution in [1.82, 2.24) is 9.80 Å². The molecule has 0 N–H and O–H groups in total. The minimum Gasteiger partial charge on any atom is -0.306 e. The molecule has 2 heteroatoms. The molecular formula is C32H70N2. The molecule has 208 valence electrons. The molecule has 1 aliphatic carbocycles. The Kier molecular flexibility index (Phi) is 21.3. The smallest absolute Gasteiger partial charge is 0.00952 e. The molecule has 0 aromatic rings. The zero-order chi connectivity index (χ0) is 26.8. The van der Waals surface area contributed by atoms with Crippen LogP contribution in [0.25, 0.3) is 0 Å². The number of likely N-dealkylation sites (tertiary alicyclic amines) is 2. The molecule has 0 amide bonds. The summed E-state index contributed by atoms with van der Waals surface area (Å²) in [6.45, 7) is 32.2. The van der Waals surface area contributed by atoms with Gasteiger partial charge in [-0.2, -0.15) is 0 Å². The van der Waals surface area contributed by atoms with Crippen LogP contribution in [0.3, 0.4) is 0 Å². The van der Waals surface area contributed by atoms with E-state index >= 15 is 0 Å². The zero-order valence-electron chi connectivity index (χ0n) is 26.5. The molecule has 0 radical (unpaired) electrons. The molecule has 3 fully saturated rings. The average molecular weight is 483 g/mol. The first kappa shape index (κ1) is 36.1. The van der Waals surface area contributed by atoms with Crippen molar-refractivity contribution in [2.45, 2.75) is 153 Å². The van der Waals surface area contributed by atoms with Crippen LogP contribution in [0, 0.1) is 22.7 Å². The van der Waals surface area contributed by atoms with Crippen LogP contribution in [0.2, 0.25) is 0 Å². The first-order chi connectivity index (χ1) is 15.8. The highest BCUT2D eigenvalue weighted by molar-refractivity contribution is 4.86. The molecule has 0 unspecified atom stereocenters. The summed E-state index contributed by atoms with van der Waals surface area (Å²) in [6, 6.07) is 0.968. The van der Waals surface area contributed by atoms with Gasteiger partial charge in [0, 0.05) is 6.04 Å². The van der Waals surface area contributed by atoms with Crippen molar-refractivity contribution < 1.29 is 0 Å². The van der Waals surface area contributed by atoms with Gasteiger partial charge in [0.15, 0.2) is 0 Å². The van der Waals surface area contributed by atoms with Gasteiger partial charge in [0.05, 0.1) is 0 Å². The van der Waals surface area contributed by atoms with Crippen LogP contribution in [0.5, 0.6) is 0 Å². The lowest BCUT2D eigenvalue weighted by Crippen LogP contribution is -2.46. The van der Waals surface area contributed by atoms with Gasteiger partial charge in [0.1, 0.15) is 0 Å². The second-order valence-electron chi connectivity index (χ2n) is 13.3. The SMILES string of the molecule is CC.CC(C)(C)C1CCN(C2CCC2)CC1.CC1CCN(C)CC1.CCC.CCCC(C)(C)C. The maximum atomic E-state index is 2.74. The third-order valence-corrected chi connectivity index (χ3v) is 7.35. The summed E-state index contributed by atoms with van der Waals surface area (Å²) in [4.78, 5) is 5.14. The van der Waals surface area contributed by atoms with Crippen LogP contribution in [0.15, 0.2) is 0 Å². The third-order valence-electron chi connectivity index (χ3n) is 7.35. The standard InChI is InChI=1S/C13H25N.C7H15N.C7H16.C3H8.C2H6/c1-13(2,3)11-7-9-14(10-8-11)12-5-4-6-12;1-7-3-5-8(2)6-4-7;1-5-6-7(2,3)4;1-3-2;1-2/h11-12H,4-10H2,1-3H3;7H,3-6H2,1-2H3;5-6H2,1-4H3;3H2,1-2H3;1-2H3. The molecule has 0 spiro atoms. The maximum absolute atomic E-state index is 2.74. The molecule has 0 atom stereocenters. The Balaban J connectivity index is 0. The second-order valence-corrected chi connectivity index (χ2v) is 13.3. The molecule has 0 aromatic carbocycles. The highest BCUT2D eigenvalue weighted by atomic mass is 15.2. The van der Waals surface area contributed by atoms with Crippen LogP contribution < -0.4 is 0 Å². The summed E-state index contributed by atoms with van der Waals surface area (Å²) in [5.74, 6) is 1.94. The summed E-state index contributed by atoms with van der Waals surface area (Å²) in [7, 11) is 2.20. The molecule has 2 nitrogen and oxygen atoms in total. The van der Waals surface area contributed by atoms with Gasteiger partial charge in [-0.1, -0.05) is 102 Å². The lowest BCUT2D eigenvalue weighted by molar-refractivity contribution is 0.0533. The number of hydrogen-bond donors (Lipinski definition) is 0. The van der Waals surface area contributed by atoms with Gasteiger partial charge < -0.3 is 9.80 Å². The van der Waals surface area contributed by atoms with Gasteiger partial charge in [-0.3, -0.25) is 0 Å². The molecule has 2 aliphatic heterocycles. The zero-order valence-corrected chi connectivity index (χ0v) is 26.5. The van der Waals surface area contributed by atoms with E-state index in [1.54, 1.807) is 0 Å². The Morgan fingerprint density at radius 1 is 0.706 bits per heavy atom. The first-order valence-electron chi connectivity index (χ1n) is 15.3. The summed E-state index contributed by atoms with van der Waals surface area (Å²) in [5.41, 5.74) is 1.08. The largest absolute Gasteiger partial charge is 0.306 e. The van der Waals surface area contributed by atoms with E-state index in [2.05, 4.69) is 86.1 Å². The maximum Gasteiger partial charge on any atom is 0.00952 e. The fourth-order valence-corrected chi connectivity index (χ4v) is 4.77. The summed E-state index contributed by atoms with van der Waals surface area (Å²) in [5, 5.41) is 0. The number of piperidine rings is 2. The summed E-state index contributed by atoms with van der Waals surface area (Å²) in [6.07, 6.45) is 14.0. The van der Waals surface area contributed by atoms with Crippen molar-refractivity contribution in [3.63, 3.8) is 0 Å². The highest BCUT2D eigenvalue weighted by Gasteiger charge is 2.32. The van der Waals surface area contributed by atoms with E-state index in [0.717, 1.165) is 17.9 Å². The Morgan fingerprint density at radius 3 is 1.38 bits per heavy atom. The quantitative estimate of drug-likeness (QED) is 0.386. The Bertz CT molecular complexity index is 401. The van der Waals surface area contributed by atoms with Gasteiger partial charge in [0.25, 0.3) is 0 Å². The van der Waals surface area contributed by atoms with Crippen molar-refractivity contribution >= 4 is 0 Å². The second kappa shape index (κ2) is 20.0. The van der Waals surface area contributed by atoms with E-state index in [9.17, 15) is 0 Å². The molecule has 0 bridgehead atoms. The fourth-order valence-electron chi connectivity index (χ4n) is 4.77. The van der Waals surface area contributed by atoms with E-state index in [-0.39, 0.29) is 0 Å². The fraction of sp³-hybridized carbons (Fsp3) is 1.00. The summed E-state index contributed by atoms with van der Waals surface area (Å²) < 4.78 is 0. The molecule has 3 rings (SSSR count). The number of nitrogens with zero attached hydrogens (tertiary/aromatic N) is 2. The first-order valence-corrected chi connectivity index (χ1v) is 15.3. The van der Waals surface area contributed by atoms with Gasteiger partial charge >= 0.3 is 0 Å². The van der Waals surface area contributed by atoms with E-state index in [0.29, 0.717) is 10.8 Å². The van der Waals surface area contributed by atoms with E-state index in [1.807, 2.05) is 13.8 Å². The van der Waals surface area contributed by atoms with Gasteiger partial charge in [-0.15, -0.1) is 0 Å². The van der Waals surface area contributed by atoms with Crippen molar-refractivity contribution in [3.8, 4) is 0 Å². The number of rotatable bonds is 2. The minimum atomic E-state index is 0.533. The van der Waals surface area contributed by atoms with Crippen molar-refractivity contribution in [1.29, 1.82) is 0 Å². The van der Waals surface area contributed by atoms with Crippen LogP contribution in [-0.4, -0.2) is 49.1 Å². The van der Waals surface area contributed by atoms with Crippen LogP contribution >= 0.6 is 0 Å². The Hall–Kier alpha value is -0.0800. The normalized spacial score (nSPS) is 20.7. The van der Waals surface area contributed by atoms with Crippen molar-refractivity contribution in [2.24, 2.45) is 22.7 Å². The Labute approximate surface area is 219 Å². The molecule has 34 heavy (non-hydrogen) atoms. The predicted molar refractivity (Wildman–Crippen MR) is 159 cm³/mol. The lowest BCUT2D eigenvalue weighted by Gasteiger charge is -2.44. The van der Waals surface area contributed by atoms with E-state index in [1.165, 1.54) is 90.4 Å². The molecule has 2 saturated heterocycles. The van der Waals surface area contributed by atoms with E-state index < -0.39 is 0 Å². The van der Waals surface area contributed by atoms with Crippen LogP contribution in [0.1, 0.15) is 147 Å². The third kappa shape index (κ3) is 19.1. The predicted octanol–water partition coefficient (Wildman–Crippen LogP) is 9.92. The van der Waals surface area contributed by atoms with Gasteiger partial charge in [0.2, 0.25) is 0 Å². The van der Waals surface area contributed by atoms with Gasteiger partial charge in [-0.05, 0) is 101 Å². The molecular weight excluding hydrogens is 412 g/mol. The molecule has 1 saturated carbocycles. The molecule has 3 aliphatic rings. The van der Waals surface area contributed by atoms with Crippen LogP contribution in [0.4, 0.5) is 0 Å². The summed E-state index contributed by atoms with van der Waals surface area (Å²) >= 11 is 0. The Morgan fingerprint density at radius 2 is 1.15 bits per heavy atom. The molecule has 2 heterocycles. The molecule has 0 aromatic heterocycles. The van der Waals surface area contributed by atoms with E-state index in [4.69, 9.17) is 0 Å². The van der Waals surface area contributed by atoms with Crippen molar-refractivity contribution in [2.75, 3.05) is 33.2 Å². The van der Waals surface area contributed by atoms with Crippen molar-refractivity contribution in [3.05, 3.63) is 0 Å². The topological polar surface area (TPSA) is 6.48 Å². The number of hydrogen-bond acceptors (Lipinski definition) is 2. The highest BCUT2D eigenvalue weighted by Crippen LogP contribution is 2.36. The monoisotopic (exact) mass is 483 g/mol. The minimum absolute atomic E-state index is 0.533. The van der Waals surface area contributed by atoms with Crippen LogP contribution in [-0.2, 0) is 0 Å². The lowest BCUT2D eigenvalue weighted by atomic mass is 9.74. The van der Waals surface area contributed by atoms with Gasteiger partial charge in [-0.25, -0.2) is 0 Å². The average Bonchev–Trinajstić information content (AvgIpc) is 2.71.